The van der Waals surface area contributed by atoms with Crippen LogP contribution in [-0.4, -0.2) is 62.0 Å². The third kappa shape index (κ3) is 5.91. The van der Waals surface area contributed by atoms with Gasteiger partial charge >= 0.3 is 0 Å². The highest BCUT2D eigenvalue weighted by molar-refractivity contribution is 5.76. The van der Waals surface area contributed by atoms with Crippen LogP contribution in [0.5, 0.6) is 0 Å². The van der Waals surface area contributed by atoms with Gasteiger partial charge in [0.1, 0.15) is 0 Å². The minimum Gasteiger partial charge on any atom is -0.343 e. The molecule has 19 heavy (non-hydrogen) atoms. The maximum atomic E-state index is 12.3. The Bertz CT molecular complexity index is 268. The lowest BCUT2D eigenvalue weighted by Gasteiger charge is -2.31. The zero-order valence-corrected chi connectivity index (χ0v) is 13.1. The Kier molecular flexibility index (Phi) is 7.39. The monoisotopic (exact) mass is 269 g/mol. The van der Waals surface area contributed by atoms with Gasteiger partial charge in [0, 0.05) is 25.6 Å². The number of carbonyl (C=O) groups is 1. The standard InChI is InChI=1S/C15H31N3O/c1-5-18(11-7-10-17(3)4)15(19)12-14-13(2)8-6-9-16-14/h13-14,16H,5-12H2,1-4H3. The summed E-state index contributed by atoms with van der Waals surface area (Å²) in [5, 5.41) is 3.50. The number of carbonyl (C=O) groups excluding carboxylic acids is 1. The first kappa shape index (κ1) is 16.4. The summed E-state index contributed by atoms with van der Waals surface area (Å²) in [5.74, 6) is 0.936. The van der Waals surface area contributed by atoms with Gasteiger partial charge in [-0.05, 0) is 59.3 Å². The molecule has 1 fully saturated rings. The summed E-state index contributed by atoms with van der Waals surface area (Å²) in [5.41, 5.74) is 0. The van der Waals surface area contributed by atoms with Crippen LogP contribution in [-0.2, 0) is 4.79 Å². The first-order valence-corrected chi connectivity index (χ1v) is 7.70. The van der Waals surface area contributed by atoms with Gasteiger partial charge in [0.05, 0.1) is 0 Å². The molecule has 1 aliphatic rings. The molecule has 1 rings (SSSR count). The zero-order chi connectivity index (χ0) is 14.3. The van der Waals surface area contributed by atoms with Crippen molar-refractivity contribution in [3.8, 4) is 0 Å². The topological polar surface area (TPSA) is 35.6 Å². The summed E-state index contributed by atoms with van der Waals surface area (Å²) in [4.78, 5) is 16.5. The largest absolute Gasteiger partial charge is 0.343 e. The first-order chi connectivity index (χ1) is 9.04. The highest BCUT2D eigenvalue weighted by atomic mass is 16.2. The smallest absolute Gasteiger partial charge is 0.224 e. The van der Waals surface area contributed by atoms with Crippen LogP contribution >= 0.6 is 0 Å². The molecule has 2 unspecified atom stereocenters. The quantitative estimate of drug-likeness (QED) is 0.762. The molecular formula is C15H31N3O. The van der Waals surface area contributed by atoms with E-state index in [4.69, 9.17) is 0 Å². The van der Waals surface area contributed by atoms with Crippen molar-refractivity contribution in [1.82, 2.24) is 15.1 Å². The van der Waals surface area contributed by atoms with Crippen LogP contribution in [0.4, 0.5) is 0 Å². The zero-order valence-electron chi connectivity index (χ0n) is 13.1. The molecule has 0 aromatic carbocycles. The van der Waals surface area contributed by atoms with Gasteiger partial charge in [-0.3, -0.25) is 4.79 Å². The van der Waals surface area contributed by atoms with Crippen molar-refractivity contribution in [3.63, 3.8) is 0 Å². The Morgan fingerprint density at radius 3 is 2.63 bits per heavy atom. The second-order valence-electron chi connectivity index (χ2n) is 6.01. The van der Waals surface area contributed by atoms with E-state index in [1.54, 1.807) is 0 Å². The molecule has 1 heterocycles. The maximum absolute atomic E-state index is 12.3. The predicted octanol–water partition coefficient (Wildman–Crippen LogP) is 1.56. The predicted molar refractivity (Wildman–Crippen MR) is 80.2 cm³/mol. The fourth-order valence-corrected chi connectivity index (χ4v) is 2.74. The van der Waals surface area contributed by atoms with E-state index >= 15 is 0 Å². The number of rotatable bonds is 7. The molecule has 0 spiro atoms. The summed E-state index contributed by atoms with van der Waals surface area (Å²) in [7, 11) is 4.15. The van der Waals surface area contributed by atoms with Gasteiger partial charge in [-0.25, -0.2) is 0 Å². The van der Waals surface area contributed by atoms with E-state index in [0.717, 1.165) is 32.6 Å². The number of hydrogen-bond acceptors (Lipinski definition) is 3. The number of hydrogen-bond donors (Lipinski definition) is 1. The van der Waals surface area contributed by atoms with Gasteiger partial charge in [0.15, 0.2) is 0 Å². The molecule has 1 saturated heterocycles. The summed E-state index contributed by atoms with van der Waals surface area (Å²) in [6, 6.07) is 0.379. The molecule has 1 aliphatic heterocycles. The van der Waals surface area contributed by atoms with Gasteiger partial charge in [-0.15, -0.1) is 0 Å². The summed E-state index contributed by atoms with van der Waals surface area (Å²) < 4.78 is 0. The van der Waals surface area contributed by atoms with Crippen LogP contribution in [0.1, 0.15) is 39.5 Å². The molecule has 1 amide bonds. The lowest BCUT2D eigenvalue weighted by Crippen LogP contribution is -2.44. The van der Waals surface area contributed by atoms with E-state index in [0.29, 0.717) is 24.3 Å². The molecule has 4 heteroatoms. The minimum atomic E-state index is 0.313. The number of amides is 1. The lowest BCUT2D eigenvalue weighted by atomic mass is 9.90. The molecular weight excluding hydrogens is 238 g/mol. The molecule has 0 aliphatic carbocycles. The van der Waals surface area contributed by atoms with Crippen molar-refractivity contribution in [3.05, 3.63) is 0 Å². The van der Waals surface area contributed by atoms with E-state index in [1.807, 2.05) is 4.90 Å². The molecule has 0 bridgehead atoms. The van der Waals surface area contributed by atoms with E-state index in [9.17, 15) is 4.79 Å². The molecule has 4 nitrogen and oxygen atoms in total. The summed E-state index contributed by atoms with van der Waals surface area (Å²) >= 11 is 0. The molecule has 0 radical (unpaired) electrons. The molecule has 0 aromatic rings. The highest BCUT2D eigenvalue weighted by Crippen LogP contribution is 2.18. The summed E-state index contributed by atoms with van der Waals surface area (Å²) in [6.07, 6.45) is 4.21. The van der Waals surface area contributed by atoms with Gasteiger partial charge < -0.3 is 15.1 Å². The van der Waals surface area contributed by atoms with Crippen LogP contribution in [0.3, 0.4) is 0 Å². The fourth-order valence-electron chi connectivity index (χ4n) is 2.74. The van der Waals surface area contributed by atoms with E-state index < -0.39 is 0 Å². The average Bonchev–Trinajstić information content (AvgIpc) is 2.37. The van der Waals surface area contributed by atoms with Crippen molar-refractivity contribution in [2.24, 2.45) is 5.92 Å². The molecule has 0 saturated carbocycles. The average molecular weight is 269 g/mol. The van der Waals surface area contributed by atoms with Crippen LogP contribution in [0, 0.1) is 5.92 Å². The molecule has 112 valence electrons. The van der Waals surface area contributed by atoms with Gasteiger partial charge in [-0.2, -0.15) is 0 Å². The van der Waals surface area contributed by atoms with Crippen LogP contribution in [0.2, 0.25) is 0 Å². The SMILES string of the molecule is CCN(CCCN(C)C)C(=O)CC1NCCCC1C. The number of nitrogens with one attached hydrogen (secondary N) is 1. The van der Waals surface area contributed by atoms with Crippen molar-refractivity contribution in [2.45, 2.75) is 45.6 Å². The van der Waals surface area contributed by atoms with Crippen LogP contribution < -0.4 is 5.32 Å². The van der Waals surface area contributed by atoms with Crippen molar-refractivity contribution >= 4 is 5.91 Å². The van der Waals surface area contributed by atoms with Crippen LogP contribution in [0.25, 0.3) is 0 Å². The highest BCUT2D eigenvalue weighted by Gasteiger charge is 2.24. The summed E-state index contributed by atoms with van der Waals surface area (Å²) in [6.45, 7) is 8.15. The fraction of sp³-hybridized carbons (Fsp3) is 0.933. The van der Waals surface area contributed by atoms with Gasteiger partial charge in [-0.1, -0.05) is 6.92 Å². The number of piperidine rings is 1. The first-order valence-electron chi connectivity index (χ1n) is 7.70. The normalized spacial score (nSPS) is 23.6. The van der Waals surface area contributed by atoms with Crippen molar-refractivity contribution < 1.29 is 4.79 Å². The number of nitrogens with zero attached hydrogens (tertiary/aromatic N) is 2. The van der Waals surface area contributed by atoms with E-state index in [-0.39, 0.29) is 0 Å². The Morgan fingerprint density at radius 1 is 1.32 bits per heavy atom. The third-order valence-electron chi connectivity index (χ3n) is 4.09. The third-order valence-corrected chi connectivity index (χ3v) is 4.09. The molecule has 2 atom stereocenters. The maximum Gasteiger partial charge on any atom is 0.224 e. The van der Waals surface area contributed by atoms with Crippen molar-refractivity contribution in [2.75, 3.05) is 40.3 Å². The van der Waals surface area contributed by atoms with Gasteiger partial charge in [0.25, 0.3) is 0 Å². The van der Waals surface area contributed by atoms with Gasteiger partial charge in [0.2, 0.25) is 5.91 Å². The lowest BCUT2D eigenvalue weighted by molar-refractivity contribution is -0.132. The Labute approximate surface area is 118 Å². The minimum absolute atomic E-state index is 0.313. The second kappa shape index (κ2) is 8.54. The Hall–Kier alpha value is -0.610. The second-order valence-corrected chi connectivity index (χ2v) is 6.01. The Morgan fingerprint density at radius 2 is 2.05 bits per heavy atom. The van der Waals surface area contributed by atoms with E-state index in [2.05, 4.69) is 38.2 Å². The van der Waals surface area contributed by atoms with Crippen LogP contribution in [0.15, 0.2) is 0 Å². The Balaban J connectivity index is 2.35. The molecule has 0 aromatic heterocycles. The van der Waals surface area contributed by atoms with Crippen molar-refractivity contribution in [1.29, 1.82) is 0 Å². The molecule has 1 N–H and O–H groups in total. The van der Waals surface area contributed by atoms with E-state index in [1.165, 1.54) is 12.8 Å².